The van der Waals surface area contributed by atoms with E-state index in [1.54, 1.807) is 33.4 Å². The zero-order chi connectivity index (χ0) is 39.9. The molecule has 0 atom stereocenters. The minimum absolute atomic E-state index is 0.0326. The monoisotopic (exact) mass is 768 g/mol. The Morgan fingerprint density at radius 2 is 0.776 bits per heavy atom. The minimum Gasteiger partial charge on any atom is -0.309 e. The summed E-state index contributed by atoms with van der Waals surface area (Å²) < 4.78 is 84.1. The first kappa shape index (κ1) is 35.4. The molecular formula is C51H33F5N2. The van der Waals surface area contributed by atoms with E-state index in [4.69, 9.17) is 0 Å². The van der Waals surface area contributed by atoms with E-state index in [2.05, 4.69) is 0 Å². The van der Waals surface area contributed by atoms with Crippen LogP contribution >= 0.6 is 0 Å². The highest BCUT2D eigenvalue weighted by Crippen LogP contribution is 2.47. The Kier molecular flexibility index (Phi) is 8.13. The molecule has 0 aliphatic carbocycles. The molecule has 0 bridgehead atoms. The van der Waals surface area contributed by atoms with Crippen molar-refractivity contribution in [3.8, 4) is 44.8 Å². The summed E-state index contributed by atoms with van der Waals surface area (Å²) >= 11 is 0. The first-order chi connectivity index (χ1) is 28.0. The van der Waals surface area contributed by atoms with Crippen LogP contribution in [0.5, 0.6) is 0 Å². The Balaban J connectivity index is 1.38. The quantitative estimate of drug-likeness (QED) is 0.154. The third-order valence-corrected chi connectivity index (χ3v) is 11.2. The van der Waals surface area contributed by atoms with Crippen molar-refractivity contribution in [3.63, 3.8) is 0 Å². The molecule has 0 radical (unpaired) electrons. The summed E-state index contributed by atoms with van der Waals surface area (Å²) in [6.07, 6.45) is -4.94. The molecule has 0 amide bonds. The van der Waals surface area contributed by atoms with E-state index in [0.717, 1.165) is 67.1 Å². The van der Waals surface area contributed by atoms with Crippen LogP contribution in [0.3, 0.4) is 0 Å². The predicted octanol–water partition coefficient (Wildman–Crippen LogP) is 14.8. The molecule has 0 aliphatic rings. The van der Waals surface area contributed by atoms with E-state index in [1.165, 1.54) is 18.2 Å². The van der Waals surface area contributed by atoms with Gasteiger partial charge < -0.3 is 9.13 Å². The third kappa shape index (κ3) is 5.68. The highest BCUT2D eigenvalue weighted by Gasteiger charge is 2.40. The molecule has 0 spiro atoms. The Bertz CT molecular complexity index is 3040. The first-order valence-corrected chi connectivity index (χ1v) is 19.0. The van der Waals surface area contributed by atoms with Gasteiger partial charge in [-0.15, -0.1) is 0 Å². The smallest absolute Gasteiger partial charge is 0.309 e. The van der Waals surface area contributed by atoms with Crippen molar-refractivity contribution in [2.45, 2.75) is 20.0 Å². The minimum atomic E-state index is -4.94. The molecule has 8 aromatic carbocycles. The van der Waals surface area contributed by atoms with Crippen LogP contribution < -0.4 is 0 Å². The number of aromatic nitrogens is 2. The fraction of sp³-hybridized carbons (Fsp3) is 0.0588. The average Bonchev–Trinajstić information content (AvgIpc) is 3.72. The Hall–Kier alpha value is -6.99. The van der Waals surface area contributed by atoms with E-state index >= 15 is 22.0 Å². The van der Waals surface area contributed by atoms with E-state index in [0.29, 0.717) is 22.1 Å². The van der Waals surface area contributed by atoms with Gasteiger partial charge in [-0.25, -0.2) is 8.78 Å². The van der Waals surface area contributed by atoms with Gasteiger partial charge in [0.05, 0.1) is 39.0 Å². The molecule has 282 valence electrons. The second kappa shape index (κ2) is 13.3. The molecule has 7 heteroatoms. The van der Waals surface area contributed by atoms with Gasteiger partial charge in [-0.3, -0.25) is 0 Å². The number of benzene rings is 8. The van der Waals surface area contributed by atoms with Gasteiger partial charge in [0.1, 0.15) is 17.2 Å². The fourth-order valence-electron chi connectivity index (χ4n) is 8.48. The van der Waals surface area contributed by atoms with Crippen molar-refractivity contribution in [1.29, 1.82) is 0 Å². The summed E-state index contributed by atoms with van der Waals surface area (Å²) in [5, 5.41) is 2.96. The van der Waals surface area contributed by atoms with Crippen LogP contribution in [0.2, 0.25) is 0 Å². The number of fused-ring (bicyclic) bond motifs is 6. The lowest BCUT2D eigenvalue weighted by molar-refractivity contribution is -0.137. The van der Waals surface area contributed by atoms with Crippen LogP contribution in [0, 0.1) is 25.5 Å². The number of alkyl halides is 3. The van der Waals surface area contributed by atoms with Gasteiger partial charge in [0.15, 0.2) is 0 Å². The molecule has 0 aliphatic heterocycles. The van der Waals surface area contributed by atoms with Crippen LogP contribution in [0.4, 0.5) is 22.0 Å². The Morgan fingerprint density at radius 1 is 0.379 bits per heavy atom. The number of rotatable bonds is 5. The van der Waals surface area contributed by atoms with Gasteiger partial charge in [-0.05, 0) is 90.2 Å². The first-order valence-electron chi connectivity index (χ1n) is 19.0. The maximum atomic E-state index is 16.4. The highest BCUT2D eigenvalue weighted by atomic mass is 19.4. The van der Waals surface area contributed by atoms with Crippen LogP contribution in [0.1, 0.15) is 16.7 Å². The van der Waals surface area contributed by atoms with Crippen LogP contribution in [-0.4, -0.2) is 9.13 Å². The molecule has 58 heavy (non-hydrogen) atoms. The van der Waals surface area contributed by atoms with E-state index < -0.39 is 28.9 Å². The summed E-state index contributed by atoms with van der Waals surface area (Å²) in [5.41, 5.74) is 5.76. The highest BCUT2D eigenvalue weighted by molar-refractivity contribution is 6.12. The van der Waals surface area contributed by atoms with Crippen molar-refractivity contribution in [2.75, 3.05) is 0 Å². The van der Waals surface area contributed by atoms with Crippen LogP contribution in [0.25, 0.3) is 88.4 Å². The van der Waals surface area contributed by atoms with Crippen LogP contribution in [0.15, 0.2) is 164 Å². The maximum Gasteiger partial charge on any atom is 0.420 e. The second-order valence-corrected chi connectivity index (χ2v) is 14.9. The van der Waals surface area contributed by atoms with Crippen molar-refractivity contribution in [3.05, 3.63) is 192 Å². The van der Waals surface area contributed by atoms with E-state index in [1.807, 2.05) is 123 Å². The largest absolute Gasteiger partial charge is 0.420 e. The summed E-state index contributed by atoms with van der Waals surface area (Å²) in [5.74, 6) is -1.77. The van der Waals surface area contributed by atoms with Crippen molar-refractivity contribution in [1.82, 2.24) is 9.13 Å². The molecule has 2 nitrogen and oxygen atoms in total. The number of halogens is 5. The third-order valence-electron chi connectivity index (χ3n) is 11.2. The van der Waals surface area contributed by atoms with E-state index in [-0.39, 0.29) is 16.9 Å². The normalized spacial score (nSPS) is 12.1. The van der Waals surface area contributed by atoms with E-state index in [9.17, 15) is 0 Å². The molecule has 2 heterocycles. The topological polar surface area (TPSA) is 9.86 Å². The molecule has 0 N–H and O–H groups in total. The van der Waals surface area contributed by atoms with Gasteiger partial charge in [-0.1, -0.05) is 126 Å². The number of hydrogen-bond donors (Lipinski definition) is 0. The standard InChI is InChI=1S/C51H33F5N2/c1-30-14-18-32(19-15-30)34-22-24-39-37-8-3-5-12-43(37)57(45(39)26-34)47-28-36(49-41(52)10-7-11-42(49)53)29-48(50(47)51(54,55)56)58-44-13-6-4-9-38(44)40-25-23-35(27-46(40)58)33-20-16-31(2)17-21-33/h3-29H,1-2H3. The SMILES string of the molecule is Cc1ccc(-c2ccc3c4ccccc4n(-c4cc(-c5c(F)cccc5F)cc(-n5c6ccccc6c6ccc(-c7ccc(C)cc7)cc65)c4C(F)(F)F)c3c2)cc1. The van der Waals surface area contributed by atoms with Crippen molar-refractivity contribution < 1.29 is 22.0 Å². The summed E-state index contributed by atoms with van der Waals surface area (Å²) in [6, 6.07) is 48.1. The molecule has 2 aromatic heterocycles. The summed E-state index contributed by atoms with van der Waals surface area (Å²) in [7, 11) is 0. The molecule has 0 saturated carbocycles. The number of hydrogen-bond acceptors (Lipinski definition) is 0. The second-order valence-electron chi connectivity index (χ2n) is 14.9. The Morgan fingerprint density at radius 3 is 1.21 bits per heavy atom. The summed E-state index contributed by atoms with van der Waals surface area (Å²) in [4.78, 5) is 0. The lowest BCUT2D eigenvalue weighted by Gasteiger charge is -2.23. The maximum absolute atomic E-state index is 16.4. The average molecular weight is 769 g/mol. The number of para-hydroxylation sites is 2. The molecule has 10 aromatic rings. The van der Waals surface area contributed by atoms with Gasteiger partial charge in [0, 0.05) is 21.5 Å². The predicted molar refractivity (Wildman–Crippen MR) is 226 cm³/mol. The van der Waals surface area contributed by atoms with Gasteiger partial charge in [-0.2, -0.15) is 13.2 Å². The van der Waals surface area contributed by atoms with Gasteiger partial charge in [0.25, 0.3) is 0 Å². The summed E-state index contributed by atoms with van der Waals surface area (Å²) in [6.45, 7) is 3.99. The zero-order valence-electron chi connectivity index (χ0n) is 31.4. The lowest BCUT2D eigenvalue weighted by Crippen LogP contribution is -2.16. The fourth-order valence-corrected chi connectivity index (χ4v) is 8.48. The van der Waals surface area contributed by atoms with Crippen LogP contribution in [-0.2, 0) is 6.18 Å². The van der Waals surface area contributed by atoms with Crippen molar-refractivity contribution in [2.24, 2.45) is 0 Å². The lowest BCUT2D eigenvalue weighted by atomic mass is 9.98. The molecule has 0 saturated heterocycles. The Labute approximate surface area is 330 Å². The zero-order valence-corrected chi connectivity index (χ0v) is 31.4. The molecule has 10 rings (SSSR count). The van der Waals surface area contributed by atoms with Gasteiger partial charge in [0.2, 0.25) is 0 Å². The number of aryl methyl sites for hydroxylation is 2. The van der Waals surface area contributed by atoms with Crippen molar-refractivity contribution >= 4 is 43.6 Å². The molecule has 0 fully saturated rings. The number of nitrogens with zero attached hydrogens (tertiary/aromatic N) is 2. The molecule has 0 unspecified atom stereocenters. The van der Waals surface area contributed by atoms with Gasteiger partial charge >= 0.3 is 6.18 Å². The molecular weight excluding hydrogens is 736 g/mol.